The van der Waals surface area contributed by atoms with Gasteiger partial charge in [-0.05, 0) is 91.8 Å². The Morgan fingerprint density at radius 2 is 1.93 bits per heavy atom. The van der Waals surface area contributed by atoms with Crippen LogP contribution in [0.2, 0.25) is 0 Å². The fourth-order valence-corrected chi connectivity index (χ4v) is 6.37. The number of aromatic nitrogens is 1. The average molecular weight is 703 g/mol. The van der Waals surface area contributed by atoms with Crippen LogP contribution in [0.1, 0.15) is 44.9 Å². The minimum atomic E-state index is -0.793. The van der Waals surface area contributed by atoms with Crippen LogP contribution in [0.25, 0.3) is 6.08 Å². The lowest BCUT2D eigenvalue weighted by atomic mass is 9.95. The van der Waals surface area contributed by atoms with Gasteiger partial charge in [0.05, 0.1) is 52.3 Å². The van der Waals surface area contributed by atoms with Crippen LogP contribution in [0.4, 0.5) is 0 Å². The second kappa shape index (κ2) is 13.5. The highest BCUT2D eigenvalue weighted by molar-refractivity contribution is 14.1. The number of rotatable bonds is 10. The van der Waals surface area contributed by atoms with Crippen molar-refractivity contribution in [1.29, 1.82) is 0 Å². The van der Waals surface area contributed by atoms with Crippen molar-refractivity contribution < 1.29 is 28.5 Å². The van der Waals surface area contributed by atoms with Gasteiger partial charge < -0.3 is 23.7 Å². The molecule has 0 spiro atoms. The van der Waals surface area contributed by atoms with E-state index in [1.165, 1.54) is 23.0 Å². The molecule has 0 amide bonds. The summed E-state index contributed by atoms with van der Waals surface area (Å²) >= 11 is 3.37. The van der Waals surface area contributed by atoms with E-state index in [4.69, 9.17) is 30.1 Å². The summed E-state index contributed by atoms with van der Waals surface area (Å²) in [6, 6.07) is 8.23. The molecule has 0 N–H and O–H groups in total. The Kier molecular flexibility index (Phi) is 10.0. The molecule has 1 aliphatic heterocycles. The van der Waals surface area contributed by atoms with Gasteiger partial charge in [-0.1, -0.05) is 23.3 Å². The standard InChI is InChI=1S/C31H31IN2O7S/c1-8-12-40-28-21(32)13-19(14-24(28)38-7)15-25-29(35)34-27(20-10-11-22(41-17(3)4)23(16-20)37-6)26(30(36)39-9-2)18(5)33-31(34)42-25/h1,10-11,13-17,27H,9,12H2,2-7H3/b25-15-/t27-/m0/s1. The van der Waals surface area contributed by atoms with Crippen molar-refractivity contribution in [2.24, 2.45) is 4.99 Å². The Hall–Kier alpha value is -3.76. The highest BCUT2D eigenvalue weighted by Gasteiger charge is 2.34. The fourth-order valence-electron chi connectivity index (χ4n) is 4.54. The topological polar surface area (TPSA) is 97.6 Å². The lowest BCUT2D eigenvalue weighted by Gasteiger charge is -2.25. The number of carbonyl (C=O) groups is 1. The number of terminal acetylenes is 1. The Bertz CT molecular complexity index is 1760. The third kappa shape index (κ3) is 6.34. The Morgan fingerprint density at radius 1 is 1.19 bits per heavy atom. The van der Waals surface area contributed by atoms with Gasteiger partial charge in [0.15, 0.2) is 27.8 Å². The summed E-state index contributed by atoms with van der Waals surface area (Å²) in [6.45, 7) is 7.60. The van der Waals surface area contributed by atoms with Gasteiger partial charge >= 0.3 is 5.97 Å². The maximum absolute atomic E-state index is 14.0. The third-order valence-electron chi connectivity index (χ3n) is 6.23. The van der Waals surface area contributed by atoms with E-state index in [1.807, 2.05) is 26.0 Å². The zero-order chi connectivity index (χ0) is 30.6. The van der Waals surface area contributed by atoms with Crippen LogP contribution in [0, 0.1) is 15.9 Å². The first-order valence-corrected chi connectivity index (χ1v) is 15.0. The fraction of sp³-hybridized carbons (Fsp3) is 0.323. The summed E-state index contributed by atoms with van der Waals surface area (Å²) in [4.78, 5) is 32.4. The number of ether oxygens (including phenoxy) is 5. The van der Waals surface area contributed by atoms with Crippen molar-refractivity contribution >= 4 is 46.0 Å². The van der Waals surface area contributed by atoms with E-state index in [0.29, 0.717) is 43.6 Å². The minimum Gasteiger partial charge on any atom is -0.493 e. The van der Waals surface area contributed by atoms with Gasteiger partial charge in [-0.25, -0.2) is 9.79 Å². The number of methoxy groups -OCH3 is 2. The molecule has 0 fully saturated rings. The molecule has 220 valence electrons. The molecule has 9 nitrogen and oxygen atoms in total. The van der Waals surface area contributed by atoms with Crippen molar-refractivity contribution in [2.45, 2.75) is 39.8 Å². The molecular formula is C31H31IN2O7S. The highest BCUT2D eigenvalue weighted by atomic mass is 127. The lowest BCUT2D eigenvalue weighted by Crippen LogP contribution is -2.40. The van der Waals surface area contributed by atoms with Crippen LogP contribution in [0.5, 0.6) is 23.0 Å². The number of hydrogen-bond donors (Lipinski definition) is 0. The Labute approximate surface area is 261 Å². The molecule has 42 heavy (non-hydrogen) atoms. The highest BCUT2D eigenvalue weighted by Crippen LogP contribution is 2.37. The molecular weight excluding hydrogens is 671 g/mol. The minimum absolute atomic E-state index is 0.0701. The molecule has 3 aromatic rings. The summed E-state index contributed by atoms with van der Waals surface area (Å²) in [7, 11) is 3.08. The van der Waals surface area contributed by atoms with Crippen molar-refractivity contribution in [3.05, 3.63) is 76.0 Å². The molecule has 1 atom stereocenters. The number of esters is 1. The molecule has 0 radical (unpaired) electrons. The van der Waals surface area contributed by atoms with E-state index in [2.05, 4.69) is 33.5 Å². The van der Waals surface area contributed by atoms with Crippen molar-refractivity contribution in [1.82, 2.24) is 4.57 Å². The maximum Gasteiger partial charge on any atom is 0.338 e. The number of allylic oxidation sites excluding steroid dienone is 1. The average Bonchev–Trinajstić information content (AvgIpc) is 3.25. The van der Waals surface area contributed by atoms with E-state index in [1.54, 1.807) is 45.2 Å². The van der Waals surface area contributed by atoms with Crippen molar-refractivity contribution in [3.8, 4) is 35.3 Å². The zero-order valence-corrected chi connectivity index (χ0v) is 27.1. The Morgan fingerprint density at radius 3 is 2.57 bits per heavy atom. The molecule has 0 bridgehead atoms. The summed E-state index contributed by atoms with van der Waals surface area (Å²) in [6.07, 6.45) is 7.04. The molecule has 0 saturated heterocycles. The largest absolute Gasteiger partial charge is 0.493 e. The second-order valence-electron chi connectivity index (χ2n) is 9.41. The van der Waals surface area contributed by atoms with Crippen LogP contribution < -0.4 is 33.8 Å². The van der Waals surface area contributed by atoms with Gasteiger partial charge in [0.1, 0.15) is 6.61 Å². The second-order valence-corrected chi connectivity index (χ2v) is 11.6. The number of benzene rings is 2. The van der Waals surface area contributed by atoms with E-state index in [9.17, 15) is 9.59 Å². The zero-order valence-electron chi connectivity index (χ0n) is 24.1. The molecule has 0 unspecified atom stereocenters. The van der Waals surface area contributed by atoms with Crippen LogP contribution in [0.15, 0.2) is 51.4 Å². The van der Waals surface area contributed by atoms with Crippen molar-refractivity contribution in [3.63, 3.8) is 0 Å². The van der Waals surface area contributed by atoms with E-state index >= 15 is 0 Å². The number of nitrogens with zero attached hydrogens (tertiary/aromatic N) is 2. The first kappa shape index (κ1) is 31.2. The Balaban J connectivity index is 1.92. The van der Waals surface area contributed by atoms with Gasteiger partial charge in [0, 0.05) is 0 Å². The number of halogens is 1. The van der Waals surface area contributed by atoms with Crippen LogP contribution >= 0.6 is 33.9 Å². The van der Waals surface area contributed by atoms with Gasteiger partial charge in [-0.3, -0.25) is 9.36 Å². The molecule has 2 heterocycles. The molecule has 0 aliphatic carbocycles. The van der Waals surface area contributed by atoms with Crippen LogP contribution in [-0.4, -0.2) is 44.1 Å². The summed E-state index contributed by atoms with van der Waals surface area (Å²) < 4.78 is 30.8. The predicted octanol–water partition coefficient (Wildman–Crippen LogP) is 4.22. The number of carbonyl (C=O) groups excluding carboxylic acids is 1. The number of fused-ring (bicyclic) bond motifs is 1. The van der Waals surface area contributed by atoms with Gasteiger partial charge in [0.25, 0.3) is 5.56 Å². The molecule has 11 heteroatoms. The maximum atomic E-state index is 14.0. The number of thiazole rings is 1. The van der Waals surface area contributed by atoms with E-state index in [0.717, 1.165) is 9.13 Å². The summed E-state index contributed by atoms with van der Waals surface area (Å²) in [5, 5.41) is 0. The first-order chi connectivity index (χ1) is 20.1. The monoisotopic (exact) mass is 702 g/mol. The van der Waals surface area contributed by atoms with Crippen LogP contribution in [-0.2, 0) is 9.53 Å². The quantitative estimate of drug-likeness (QED) is 0.178. The lowest BCUT2D eigenvalue weighted by molar-refractivity contribution is -0.139. The van der Waals surface area contributed by atoms with Crippen molar-refractivity contribution in [2.75, 3.05) is 27.4 Å². The third-order valence-corrected chi connectivity index (χ3v) is 8.02. The van der Waals surface area contributed by atoms with E-state index in [-0.39, 0.29) is 30.5 Å². The molecule has 4 rings (SSSR count). The molecule has 1 aliphatic rings. The number of hydrogen-bond acceptors (Lipinski definition) is 9. The molecule has 1 aromatic heterocycles. The van der Waals surface area contributed by atoms with Crippen LogP contribution in [0.3, 0.4) is 0 Å². The van der Waals surface area contributed by atoms with Gasteiger partial charge in [0.2, 0.25) is 0 Å². The molecule has 2 aromatic carbocycles. The van der Waals surface area contributed by atoms with Gasteiger partial charge in [-0.15, -0.1) is 6.42 Å². The molecule has 0 saturated carbocycles. The summed E-state index contributed by atoms with van der Waals surface area (Å²) in [5.41, 5.74) is 1.82. The summed E-state index contributed by atoms with van der Waals surface area (Å²) in [5.74, 6) is 3.97. The van der Waals surface area contributed by atoms with Gasteiger partial charge in [-0.2, -0.15) is 0 Å². The SMILES string of the molecule is C#CCOc1c(I)cc(/C=c2\sc3n(c2=O)[C@@H](c2ccc(OC(C)C)c(OC)c2)C(C(=O)OCC)=C(C)N=3)cc1OC. The predicted molar refractivity (Wildman–Crippen MR) is 169 cm³/mol. The normalized spacial score (nSPS) is 14.6. The van der Waals surface area contributed by atoms with E-state index < -0.39 is 12.0 Å². The smallest absolute Gasteiger partial charge is 0.338 e. The first-order valence-electron chi connectivity index (χ1n) is 13.1.